The molecule has 1 heterocycles. The fourth-order valence-electron chi connectivity index (χ4n) is 4.40. The molecule has 6 nitrogen and oxygen atoms in total. The van der Waals surface area contributed by atoms with Gasteiger partial charge in [0.2, 0.25) is 5.89 Å². The second kappa shape index (κ2) is 6.63. The van der Waals surface area contributed by atoms with Gasteiger partial charge < -0.3 is 14.1 Å². The first-order valence-electron chi connectivity index (χ1n) is 9.10. The molecular formula is C19H23N3O3S. The lowest BCUT2D eigenvalue weighted by atomic mass is 9.50. The Morgan fingerprint density at radius 3 is 2.69 bits per heavy atom. The van der Waals surface area contributed by atoms with Gasteiger partial charge in [-0.1, -0.05) is 6.42 Å². The van der Waals surface area contributed by atoms with Crippen LogP contribution in [0.3, 0.4) is 0 Å². The summed E-state index contributed by atoms with van der Waals surface area (Å²) in [7, 11) is 1.91. The number of aromatic amines is 1. The Labute approximate surface area is 157 Å². The van der Waals surface area contributed by atoms with E-state index in [1.165, 1.54) is 6.42 Å². The van der Waals surface area contributed by atoms with E-state index >= 15 is 0 Å². The van der Waals surface area contributed by atoms with Crippen molar-refractivity contribution >= 4 is 18.1 Å². The van der Waals surface area contributed by atoms with Crippen molar-refractivity contribution in [2.45, 2.75) is 44.8 Å². The highest BCUT2D eigenvalue weighted by atomic mass is 32.1. The van der Waals surface area contributed by atoms with E-state index in [1.54, 1.807) is 0 Å². The second-order valence-corrected chi connectivity index (χ2v) is 7.56. The molecule has 2 saturated carbocycles. The van der Waals surface area contributed by atoms with Gasteiger partial charge in [0.1, 0.15) is 0 Å². The Morgan fingerprint density at radius 2 is 2.15 bits per heavy atom. The summed E-state index contributed by atoms with van der Waals surface area (Å²) in [6, 6.07) is 7.56. The fourth-order valence-corrected chi connectivity index (χ4v) is 4.52. The Balaban J connectivity index is 1.48. The number of nitrogens with zero attached hydrogens (tertiary/aromatic N) is 2. The zero-order chi connectivity index (χ0) is 18.3. The molecule has 1 aromatic carbocycles. The van der Waals surface area contributed by atoms with Crippen molar-refractivity contribution in [1.29, 1.82) is 0 Å². The summed E-state index contributed by atoms with van der Waals surface area (Å²) in [5, 5.41) is 6.60. The standard InChI is InChI=1S/C19H23N3O3S/c1-3-24-15-11-14(19(15)9-4-10-19)22(2)17(23)13-7-5-12(6-8-13)16-20-21-18(26)25-16/h5-8,14-15H,3-4,9-11H2,1-2H3,(H,21,26)/t14-,15+/m1/s1. The zero-order valence-corrected chi connectivity index (χ0v) is 15.8. The third-order valence-corrected chi connectivity index (χ3v) is 6.17. The van der Waals surface area contributed by atoms with E-state index in [4.69, 9.17) is 21.4 Å². The van der Waals surface area contributed by atoms with Gasteiger partial charge in [0.15, 0.2) is 0 Å². The van der Waals surface area contributed by atoms with E-state index in [9.17, 15) is 4.79 Å². The fraction of sp³-hybridized carbons (Fsp3) is 0.526. The van der Waals surface area contributed by atoms with Gasteiger partial charge in [0, 0.05) is 36.2 Å². The molecule has 1 amide bonds. The van der Waals surface area contributed by atoms with E-state index in [1.807, 2.05) is 43.1 Å². The summed E-state index contributed by atoms with van der Waals surface area (Å²) in [6.45, 7) is 2.78. The Bertz CT molecular complexity index is 853. The highest BCUT2D eigenvalue weighted by molar-refractivity contribution is 7.71. The number of hydrogen-bond acceptors (Lipinski definition) is 5. The van der Waals surface area contributed by atoms with E-state index < -0.39 is 0 Å². The molecule has 0 aliphatic heterocycles. The number of hydrogen-bond donors (Lipinski definition) is 1. The predicted molar refractivity (Wildman–Crippen MR) is 99.3 cm³/mol. The molecule has 1 spiro atoms. The summed E-state index contributed by atoms with van der Waals surface area (Å²) in [4.78, 5) is 15.1. The molecule has 2 aromatic rings. The number of amides is 1. The molecule has 0 radical (unpaired) electrons. The van der Waals surface area contributed by atoms with Crippen LogP contribution < -0.4 is 0 Å². The second-order valence-electron chi connectivity index (χ2n) is 7.19. The Morgan fingerprint density at radius 1 is 1.42 bits per heavy atom. The molecule has 1 N–H and O–H groups in total. The number of H-pyrrole nitrogens is 1. The summed E-state index contributed by atoms with van der Waals surface area (Å²) in [6.07, 6.45) is 4.78. The third kappa shape index (κ3) is 2.70. The van der Waals surface area contributed by atoms with Crippen molar-refractivity contribution in [1.82, 2.24) is 15.1 Å². The third-order valence-electron chi connectivity index (χ3n) is 6.00. The Hall–Kier alpha value is -1.99. The van der Waals surface area contributed by atoms with Crippen LogP contribution in [0.25, 0.3) is 11.5 Å². The van der Waals surface area contributed by atoms with Crippen molar-refractivity contribution in [3.8, 4) is 11.5 Å². The van der Waals surface area contributed by atoms with Crippen molar-refractivity contribution in [2.24, 2.45) is 5.41 Å². The van der Waals surface area contributed by atoms with Crippen molar-refractivity contribution < 1.29 is 13.9 Å². The lowest BCUT2D eigenvalue weighted by molar-refractivity contribution is -0.192. The van der Waals surface area contributed by atoms with Crippen LogP contribution in [-0.2, 0) is 4.74 Å². The average Bonchev–Trinajstić information content (AvgIpc) is 3.02. The van der Waals surface area contributed by atoms with Crippen LogP contribution in [-0.4, -0.2) is 46.8 Å². The number of nitrogens with one attached hydrogen (secondary N) is 1. The molecule has 2 aliphatic rings. The number of carbonyl (C=O) groups excluding carboxylic acids is 1. The zero-order valence-electron chi connectivity index (χ0n) is 15.0. The molecule has 1 aromatic heterocycles. The summed E-state index contributed by atoms with van der Waals surface area (Å²) in [5.74, 6) is 0.472. The molecule has 2 fully saturated rings. The predicted octanol–water partition coefficient (Wildman–Crippen LogP) is 3.82. The first-order chi connectivity index (χ1) is 12.5. The van der Waals surface area contributed by atoms with Gasteiger partial charge in [-0.3, -0.25) is 4.79 Å². The monoisotopic (exact) mass is 373 g/mol. The minimum absolute atomic E-state index is 0.0469. The molecule has 4 rings (SSSR count). The quantitative estimate of drug-likeness (QED) is 0.807. The lowest BCUT2D eigenvalue weighted by Gasteiger charge is -2.63. The summed E-state index contributed by atoms with van der Waals surface area (Å²) in [5.41, 5.74) is 1.63. The van der Waals surface area contributed by atoms with Gasteiger partial charge in [-0.15, -0.1) is 5.10 Å². The van der Waals surface area contributed by atoms with Gasteiger partial charge >= 0.3 is 0 Å². The highest BCUT2D eigenvalue weighted by Gasteiger charge is 2.60. The van der Waals surface area contributed by atoms with E-state index in [2.05, 4.69) is 10.2 Å². The van der Waals surface area contributed by atoms with Gasteiger partial charge in [0.05, 0.1) is 6.10 Å². The van der Waals surface area contributed by atoms with Gasteiger partial charge in [0.25, 0.3) is 10.7 Å². The van der Waals surface area contributed by atoms with Crippen LogP contribution in [0.4, 0.5) is 0 Å². The molecule has 2 atom stereocenters. The maximum atomic E-state index is 12.9. The summed E-state index contributed by atoms with van der Waals surface area (Å²) >= 11 is 4.89. The van der Waals surface area contributed by atoms with Crippen molar-refractivity contribution in [3.63, 3.8) is 0 Å². The summed E-state index contributed by atoms with van der Waals surface area (Å²) < 4.78 is 11.2. The Kier molecular flexibility index (Phi) is 4.44. The molecule has 0 saturated heterocycles. The number of ether oxygens (including phenoxy) is 1. The minimum Gasteiger partial charge on any atom is -0.409 e. The van der Waals surface area contributed by atoms with Crippen LogP contribution in [0, 0.1) is 10.3 Å². The SMILES string of the molecule is CCO[C@H]1C[C@@H](N(C)C(=O)c2ccc(-c3n[nH]c(=S)o3)cc2)C12CCC2. The van der Waals surface area contributed by atoms with Crippen LogP contribution >= 0.6 is 12.2 Å². The lowest BCUT2D eigenvalue weighted by Crippen LogP contribution is -2.67. The average molecular weight is 373 g/mol. The number of aromatic nitrogens is 2. The van der Waals surface area contributed by atoms with Crippen LogP contribution in [0.15, 0.2) is 28.7 Å². The maximum absolute atomic E-state index is 12.9. The number of carbonyl (C=O) groups is 1. The van der Waals surface area contributed by atoms with Crippen molar-refractivity contribution in [2.75, 3.05) is 13.7 Å². The van der Waals surface area contributed by atoms with E-state index in [-0.39, 0.29) is 22.2 Å². The molecule has 7 heteroatoms. The normalized spacial score (nSPS) is 23.3. The minimum atomic E-state index is 0.0469. The van der Waals surface area contributed by atoms with Gasteiger partial charge in [-0.2, -0.15) is 0 Å². The molecule has 0 unspecified atom stereocenters. The van der Waals surface area contributed by atoms with E-state index in [0.717, 1.165) is 31.4 Å². The van der Waals surface area contributed by atoms with Gasteiger partial charge in [-0.05, 0) is 62.7 Å². The molecule has 26 heavy (non-hydrogen) atoms. The number of rotatable bonds is 5. The maximum Gasteiger partial charge on any atom is 0.284 e. The van der Waals surface area contributed by atoms with Crippen molar-refractivity contribution in [3.05, 3.63) is 34.7 Å². The van der Waals surface area contributed by atoms with Crippen LogP contribution in [0.2, 0.25) is 0 Å². The van der Waals surface area contributed by atoms with E-state index in [0.29, 0.717) is 17.6 Å². The largest absolute Gasteiger partial charge is 0.409 e. The molecule has 138 valence electrons. The molecular weight excluding hydrogens is 350 g/mol. The molecule has 0 bridgehead atoms. The van der Waals surface area contributed by atoms with Crippen LogP contribution in [0.5, 0.6) is 0 Å². The number of benzene rings is 1. The van der Waals surface area contributed by atoms with Gasteiger partial charge in [-0.25, -0.2) is 5.10 Å². The molecule has 2 aliphatic carbocycles. The first kappa shape index (κ1) is 17.4. The topological polar surface area (TPSA) is 71.4 Å². The highest BCUT2D eigenvalue weighted by Crippen LogP contribution is 2.59. The first-order valence-corrected chi connectivity index (χ1v) is 9.50. The smallest absolute Gasteiger partial charge is 0.284 e. The van der Waals surface area contributed by atoms with Crippen LogP contribution in [0.1, 0.15) is 43.0 Å².